The van der Waals surface area contributed by atoms with Gasteiger partial charge in [0.1, 0.15) is 0 Å². The number of aryl methyl sites for hydroxylation is 3. The van der Waals surface area contributed by atoms with Crippen LogP contribution in [0.1, 0.15) is 55.1 Å². The molecule has 0 unspecified atom stereocenters. The van der Waals surface area contributed by atoms with Crippen LogP contribution in [0, 0.1) is 5.92 Å². The summed E-state index contributed by atoms with van der Waals surface area (Å²) in [6.45, 7) is 4.85. The minimum atomic E-state index is -0.378. The first kappa shape index (κ1) is 16.4. The summed E-state index contributed by atoms with van der Waals surface area (Å²) >= 11 is 1.86. The van der Waals surface area contributed by atoms with E-state index in [9.17, 15) is 4.79 Å². The summed E-state index contributed by atoms with van der Waals surface area (Å²) in [7, 11) is 0. The van der Waals surface area contributed by atoms with Gasteiger partial charge in [-0.25, -0.2) is 4.98 Å². The largest absolute Gasteiger partial charge is 0.355 e. The number of carbonyl (C=O) groups excluding carboxylic acids is 1. The van der Waals surface area contributed by atoms with Crippen molar-refractivity contribution in [2.75, 3.05) is 6.54 Å². The predicted octanol–water partition coefficient (Wildman–Crippen LogP) is 2.44. The summed E-state index contributed by atoms with van der Waals surface area (Å²) in [5, 5.41) is 4.16. The number of nitrogens with zero attached hydrogens (tertiary/aromatic N) is 1. The number of hydrogen-bond donors (Lipinski definition) is 2. The Morgan fingerprint density at radius 2 is 2.14 bits per heavy atom. The molecule has 1 atom stereocenters. The first-order valence-corrected chi connectivity index (χ1v) is 8.88. The van der Waals surface area contributed by atoms with Crippen LogP contribution in [-0.2, 0) is 24.1 Å². The van der Waals surface area contributed by atoms with Crippen molar-refractivity contribution in [3.05, 3.63) is 15.6 Å². The van der Waals surface area contributed by atoms with Crippen LogP contribution in [0.5, 0.6) is 0 Å². The molecule has 1 aromatic heterocycles. The maximum Gasteiger partial charge on any atom is 0.236 e. The Bertz CT molecular complexity index is 447. The number of amides is 1. The molecule has 0 spiro atoms. The quantitative estimate of drug-likeness (QED) is 0.760. The van der Waals surface area contributed by atoms with Gasteiger partial charge < -0.3 is 11.1 Å². The number of hydrogen-bond acceptors (Lipinski definition) is 4. The first-order valence-electron chi connectivity index (χ1n) is 8.07. The maximum atomic E-state index is 11.8. The van der Waals surface area contributed by atoms with E-state index in [0.29, 0.717) is 12.5 Å². The molecule has 1 heterocycles. The molecule has 0 saturated carbocycles. The summed E-state index contributed by atoms with van der Waals surface area (Å²) in [6, 6.07) is -0.378. The van der Waals surface area contributed by atoms with E-state index in [-0.39, 0.29) is 11.9 Å². The molecule has 5 heteroatoms. The average Bonchev–Trinajstić information content (AvgIpc) is 2.85. The molecule has 2 rings (SSSR count). The van der Waals surface area contributed by atoms with Crippen LogP contribution in [0.2, 0.25) is 0 Å². The lowest BCUT2D eigenvalue weighted by Gasteiger charge is -2.13. The molecule has 1 aliphatic carbocycles. The molecule has 0 saturated heterocycles. The highest BCUT2D eigenvalue weighted by Crippen LogP contribution is 2.27. The van der Waals surface area contributed by atoms with Gasteiger partial charge >= 0.3 is 0 Å². The van der Waals surface area contributed by atoms with Crippen LogP contribution in [0.15, 0.2) is 0 Å². The first-order chi connectivity index (χ1) is 10.1. The van der Waals surface area contributed by atoms with E-state index in [1.807, 2.05) is 11.3 Å². The zero-order chi connectivity index (χ0) is 15.2. The highest BCUT2D eigenvalue weighted by molar-refractivity contribution is 7.11. The van der Waals surface area contributed by atoms with Gasteiger partial charge in [-0.3, -0.25) is 4.79 Å². The molecule has 1 aliphatic rings. The van der Waals surface area contributed by atoms with Crippen LogP contribution in [-0.4, -0.2) is 23.5 Å². The van der Waals surface area contributed by atoms with Gasteiger partial charge in [-0.15, -0.1) is 11.3 Å². The molecule has 0 bridgehead atoms. The summed E-state index contributed by atoms with van der Waals surface area (Å²) in [6.07, 6.45) is 7.56. The Morgan fingerprint density at radius 1 is 1.38 bits per heavy atom. The van der Waals surface area contributed by atoms with E-state index in [2.05, 4.69) is 19.2 Å². The van der Waals surface area contributed by atoms with Crippen LogP contribution in [0.3, 0.4) is 0 Å². The monoisotopic (exact) mass is 309 g/mol. The fourth-order valence-electron chi connectivity index (χ4n) is 2.71. The van der Waals surface area contributed by atoms with Crippen molar-refractivity contribution in [3.8, 4) is 0 Å². The van der Waals surface area contributed by atoms with E-state index >= 15 is 0 Å². The van der Waals surface area contributed by atoms with E-state index in [1.165, 1.54) is 34.8 Å². The zero-order valence-corrected chi connectivity index (χ0v) is 14.0. The Kier molecular flexibility index (Phi) is 6.18. The van der Waals surface area contributed by atoms with Crippen molar-refractivity contribution in [1.82, 2.24) is 10.3 Å². The number of fused-ring (bicyclic) bond motifs is 1. The van der Waals surface area contributed by atoms with Crippen LogP contribution in [0.25, 0.3) is 0 Å². The third-order valence-electron chi connectivity index (χ3n) is 3.82. The fourth-order valence-corrected chi connectivity index (χ4v) is 3.91. The second kappa shape index (κ2) is 7.90. The smallest absolute Gasteiger partial charge is 0.236 e. The molecule has 0 fully saturated rings. The third-order valence-corrected chi connectivity index (χ3v) is 5.04. The minimum Gasteiger partial charge on any atom is -0.355 e. The topological polar surface area (TPSA) is 68.0 Å². The molecule has 0 aliphatic heterocycles. The van der Waals surface area contributed by atoms with E-state index in [0.717, 1.165) is 25.7 Å². The van der Waals surface area contributed by atoms with Gasteiger partial charge in [0.25, 0.3) is 0 Å². The SMILES string of the molecule is CC(C)C[C@H](N)C(=O)NCCCc1nc2c(s1)CCCC2. The summed E-state index contributed by atoms with van der Waals surface area (Å²) in [5.41, 5.74) is 7.18. The van der Waals surface area contributed by atoms with Crippen LogP contribution < -0.4 is 11.1 Å². The number of thiazole rings is 1. The Balaban J connectivity index is 1.67. The average molecular weight is 309 g/mol. The van der Waals surface area contributed by atoms with Crippen molar-refractivity contribution in [2.24, 2.45) is 11.7 Å². The van der Waals surface area contributed by atoms with Crippen LogP contribution >= 0.6 is 11.3 Å². The van der Waals surface area contributed by atoms with Crippen molar-refractivity contribution in [2.45, 2.75) is 64.8 Å². The second-order valence-corrected chi connectivity index (χ2v) is 7.48. The molecule has 118 valence electrons. The molecule has 1 aromatic rings. The minimum absolute atomic E-state index is 0.0258. The number of nitrogens with two attached hydrogens (primary N) is 1. The second-order valence-electron chi connectivity index (χ2n) is 6.32. The lowest BCUT2D eigenvalue weighted by molar-refractivity contribution is -0.122. The highest BCUT2D eigenvalue weighted by atomic mass is 32.1. The molecule has 0 aromatic carbocycles. The molecule has 3 N–H and O–H groups in total. The van der Waals surface area contributed by atoms with Crippen molar-refractivity contribution >= 4 is 17.2 Å². The lowest BCUT2D eigenvalue weighted by Crippen LogP contribution is -2.41. The molecule has 0 radical (unpaired) electrons. The van der Waals surface area contributed by atoms with Gasteiger partial charge in [-0.05, 0) is 44.4 Å². The normalized spacial score (nSPS) is 15.8. The zero-order valence-electron chi connectivity index (χ0n) is 13.2. The van der Waals surface area contributed by atoms with E-state index in [4.69, 9.17) is 10.7 Å². The summed E-state index contributed by atoms with van der Waals surface area (Å²) in [5.74, 6) is 0.425. The summed E-state index contributed by atoms with van der Waals surface area (Å²) in [4.78, 5) is 18.0. The maximum absolute atomic E-state index is 11.8. The van der Waals surface area contributed by atoms with Crippen molar-refractivity contribution < 1.29 is 4.79 Å². The van der Waals surface area contributed by atoms with Gasteiger partial charge in [0, 0.05) is 17.8 Å². The number of nitrogens with one attached hydrogen (secondary N) is 1. The molecule has 1 amide bonds. The third kappa shape index (κ3) is 5.08. The molecular weight excluding hydrogens is 282 g/mol. The molecule has 21 heavy (non-hydrogen) atoms. The van der Waals surface area contributed by atoms with E-state index in [1.54, 1.807) is 0 Å². The van der Waals surface area contributed by atoms with Crippen LogP contribution in [0.4, 0.5) is 0 Å². The number of aromatic nitrogens is 1. The molecule has 4 nitrogen and oxygen atoms in total. The number of rotatable bonds is 7. The van der Waals surface area contributed by atoms with Crippen molar-refractivity contribution in [3.63, 3.8) is 0 Å². The fraction of sp³-hybridized carbons (Fsp3) is 0.750. The van der Waals surface area contributed by atoms with Gasteiger partial charge in [-0.1, -0.05) is 13.8 Å². The van der Waals surface area contributed by atoms with Crippen molar-refractivity contribution in [1.29, 1.82) is 0 Å². The standard InChI is InChI=1S/C16H27N3OS/c1-11(2)10-12(17)16(20)18-9-5-8-15-19-13-6-3-4-7-14(13)21-15/h11-12H,3-10,17H2,1-2H3,(H,18,20)/t12-/m0/s1. The Labute approximate surface area is 131 Å². The van der Waals surface area contributed by atoms with Gasteiger partial charge in [-0.2, -0.15) is 0 Å². The highest BCUT2D eigenvalue weighted by Gasteiger charge is 2.16. The number of carbonyl (C=O) groups is 1. The van der Waals surface area contributed by atoms with Gasteiger partial charge in [0.15, 0.2) is 0 Å². The molecular formula is C16H27N3OS. The van der Waals surface area contributed by atoms with Gasteiger partial charge in [0.05, 0.1) is 16.7 Å². The summed E-state index contributed by atoms with van der Waals surface area (Å²) < 4.78 is 0. The van der Waals surface area contributed by atoms with E-state index < -0.39 is 0 Å². The predicted molar refractivity (Wildman–Crippen MR) is 87.5 cm³/mol. The Morgan fingerprint density at radius 3 is 2.86 bits per heavy atom. The lowest BCUT2D eigenvalue weighted by atomic mass is 10.0. The van der Waals surface area contributed by atoms with Gasteiger partial charge in [0.2, 0.25) is 5.91 Å². The Hall–Kier alpha value is -0.940.